The third-order valence-electron chi connectivity index (χ3n) is 3.05. The second-order valence-corrected chi connectivity index (χ2v) is 3.95. The van der Waals surface area contributed by atoms with Crippen molar-refractivity contribution in [2.75, 3.05) is 20.2 Å². The number of methoxy groups -OCH3 is 1. The van der Waals surface area contributed by atoms with E-state index in [9.17, 15) is 0 Å². The van der Waals surface area contributed by atoms with Gasteiger partial charge in [0.25, 0.3) is 0 Å². The molecule has 0 atom stereocenters. The highest BCUT2D eigenvalue weighted by molar-refractivity contribution is 5.10. The molecule has 1 aromatic rings. The van der Waals surface area contributed by atoms with Crippen molar-refractivity contribution in [3.05, 3.63) is 24.2 Å². The predicted octanol–water partition coefficient (Wildman–Crippen LogP) is 1.59. The summed E-state index contributed by atoms with van der Waals surface area (Å²) in [5.41, 5.74) is 1.25. The zero-order chi connectivity index (χ0) is 9.86. The van der Waals surface area contributed by atoms with Crippen molar-refractivity contribution in [3.8, 4) is 0 Å². The average molecular weight is 195 g/mol. The van der Waals surface area contributed by atoms with Crippen LogP contribution in [0.25, 0.3) is 0 Å². The molecule has 0 spiro atoms. The Balaban J connectivity index is 2.04. The fourth-order valence-electron chi connectivity index (χ4n) is 2.10. The molecule has 1 aliphatic rings. The molecule has 1 N–H and O–H groups in total. The van der Waals surface area contributed by atoms with Gasteiger partial charge in [-0.1, -0.05) is 0 Å². The van der Waals surface area contributed by atoms with Gasteiger partial charge in [0.1, 0.15) is 0 Å². The minimum absolute atomic E-state index is 0.0229. The van der Waals surface area contributed by atoms with E-state index in [0.29, 0.717) is 0 Å². The number of rotatable bonds is 3. The molecule has 78 valence electrons. The van der Waals surface area contributed by atoms with E-state index in [2.05, 4.69) is 5.32 Å². The Labute approximate surface area is 84.4 Å². The van der Waals surface area contributed by atoms with Crippen LogP contribution in [-0.2, 0) is 11.2 Å². The Morgan fingerprint density at radius 3 is 2.86 bits per heavy atom. The molecule has 1 aromatic heterocycles. The lowest BCUT2D eigenvalue weighted by Gasteiger charge is -2.36. The molecule has 0 saturated carbocycles. The summed E-state index contributed by atoms with van der Waals surface area (Å²) in [4.78, 5) is 0. The van der Waals surface area contributed by atoms with Gasteiger partial charge in [0, 0.05) is 13.5 Å². The third kappa shape index (κ3) is 1.99. The van der Waals surface area contributed by atoms with Gasteiger partial charge in [-0.25, -0.2) is 0 Å². The van der Waals surface area contributed by atoms with Crippen molar-refractivity contribution in [1.82, 2.24) is 5.32 Å². The molecule has 1 fully saturated rings. The fourth-order valence-corrected chi connectivity index (χ4v) is 2.10. The van der Waals surface area contributed by atoms with Gasteiger partial charge >= 0.3 is 0 Å². The maximum absolute atomic E-state index is 5.67. The Bertz CT molecular complexity index is 263. The Morgan fingerprint density at radius 2 is 2.29 bits per heavy atom. The Morgan fingerprint density at radius 1 is 1.50 bits per heavy atom. The van der Waals surface area contributed by atoms with Gasteiger partial charge in [-0.15, -0.1) is 0 Å². The highest BCUT2D eigenvalue weighted by Gasteiger charge is 2.32. The SMILES string of the molecule is COC1(Cc2ccoc2)CCNCC1. The molecule has 3 nitrogen and oxygen atoms in total. The first-order chi connectivity index (χ1) is 6.85. The zero-order valence-electron chi connectivity index (χ0n) is 8.58. The summed E-state index contributed by atoms with van der Waals surface area (Å²) in [6, 6.07) is 2.02. The van der Waals surface area contributed by atoms with Crippen LogP contribution in [0.15, 0.2) is 23.0 Å². The normalized spacial score (nSPS) is 20.9. The van der Waals surface area contributed by atoms with Crippen LogP contribution in [0.4, 0.5) is 0 Å². The minimum atomic E-state index is 0.0229. The van der Waals surface area contributed by atoms with Gasteiger partial charge < -0.3 is 14.5 Å². The molecule has 1 aliphatic heterocycles. The van der Waals surface area contributed by atoms with Gasteiger partial charge in [-0.05, 0) is 37.6 Å². The van der Waals surface area contributed by atoms with Crippen molar-refractivity contribution in [3.63, 3.8) is 0 Å². The maximum Gasteiger partial charge on any atom is 0.0935 e. The minimum Gasteiger partial charge on any atom is -0.472 e. The number of ether oxygens (including phenoxy) is 1. The standard InChI is InChI=1S/C11H17NO2/c1-13-11(3-5-12-6-4-11)8-10-2-7-14-9-10/h2,7,9,12H,3-6,8H2,1H3. The molecule has 0 aliphatic carbocycles. The van der Waals surface area contributed by atoms with E-state index < -0.39 is 0 Å². The van der Waals surface area contributed by atoms with Gasteiger partial charge in [0.05, 0.1) is 18.1 Å². The zero-order valence-corrected chi connectivity index (χ0v) is 8.58. The Hall–Kier alpha value is -0.800. The summed E-state index contributed by atoms with van der Waals surface area (Å²) < 4.78 is 10.7. The van der Waals surface area contributed by atoms with Gasteiger partial charge in [-0.2, -0.15) is 0 Å². The summed E-state index contributed by atoms with van der Waals surface area (Å²) in [5.74, 6) is 0. The highest BCUT2D eigenvalue weighted by Crippen LogP contribution is 2.27. The molecule has 1 saturated heterocycles. The summed E-state index contributed by atoms with van der Waals surface area (Å²) in [7, 11) is 1.81. The van der Waals surface area contributed by atoms with Crippen LogP contribution in [0.2, 0.25) is 0 Å². The van der Waals surface area contributed by atoms with Crippen LogP contribution in [0.3, 0.4) is 0 Å². The van der Waals surface area contributed by atoms with E-state index >= 15 is 0 Å². The molecular weight excluding hydrogens is 178 g/mol. The molecule has 3 heteroatoms. The third-order valence-corrected chi connectivity index (χ3v) is 3.05. The van der Waals surface area contributed by atoms with Crippen LogP contribution in [-0.4, -0.2) is 25.8 Å². The van der Waals surface area contributed by atoms with E-state index in [0.717, 1.165) is 32.4 Å². The number of piperidine rings is 1. The monoisotopic (exact) mass is 195 g/mol. The van der Waals surface area contributed by atoms with Crippen LogP contribution in [0.5, 0.6) is 0 Å². The van der Waals surface area contributed by atoms with Gasteiger partial charge in [-0.3, -0.25) is 0 Å². The topological polar surface area (TPSA) is 34.4 Å². The summed E-state index contributed by atoms with van der Waals surface area (Å²) in [6.07, 6.45) is 6.65. The van der Waals surface area contributed by atoms with E-state index in [1.807, 2.05) is 19.4 Å². The van der Waals surface area contributed by atoms with Crippen molar-refractivity contribution in [2.45, 2.75) is 24.9 Å². The summed E-state index contributed by atoms with van der Waals surface area (Å²) in [6.45, 7) is 2.09. The lowest BCUT2D eigenvalue weighted by atomic mass is 9.86. The lowest BCUT2D eigenvalue weighted by molar-refractivity contribution is -0.0334. The number of hydrogen-bond donors (Lipinski definition) is 1. The maximum atomic E-state index is 5.67. The Kier molecular flexibility index (Phi) is 2.89. The number of nitrogens with one attached hydrogen (secondary N) is 1. The van der Waals surface area contributed by atoms with Crippen molar-refractivity contribution in [2.24, 2.45) is 0 Å². The average Bonchev–Trinajstić information content (AvgIpc) is 2.72. The van der Waals surface area contributed by atoms with Crippen molar-refractivity contribution < 1.29 is 9.15 Å². The molecule has 0 radical (unpaired) electrons. The molecule has 0 unspecified atom stereocenters. The van der Waals surface area contributed by atoms with Crippen molar-refractivity contribution >= 4 is 0 Å². The first kappa shape index (κ1) is 9.74. The molecule has 0 bridgehead atoms. The molecule has 2 heterocycles. The van der Waals surface area contributed by atoms with E-state index in [-0.39, 0.29) is 5.60 Å². The van der Waals surface area contributed by atoms with Crippen LogP contribution in [0.1, 0.15) is 18.4 Å². The van der Waals surface area contributed by atoms with Crippen LogP contribution < -0.4 is 5.32 Å². The second kappa shape index (κ2) is 4.15. The molecule has 0 amide bonds. The first-order valence-electron chi connectivity index (χ1n) is 5.12. The van der Waals surface area contributed by atoms with Crippen LogP contribution >= 0.6 is 0 Å². The summed E-state index contributed by atoms with van der Waals surface area (Å²) >= 11 is 0. The number of hydrogen-bond acceptors (Lipinski definition) is 3. The molecular formula is C11H17NO2. The van der Waals surface area contributed by atoms with Crippen molar-refractivity contribution in [1.29, 1.82) is 0 Å². The lowest BCUT2D eigenvalue weighted by Crippen LogP contribution is -2.44. The summed E-state index contributed by atoms with van der Waals surface area (Å²) in [5, 5.41) is 3.35. The van der Waals surface area contributed by atoms with Gasteiger partial charge in [0.15, 0.2) is 0 Å². The second-order valence-electron chi connectivity index (χ2n) is 3.95. The molecule has 14 heavy (non-hydrogen) atoms. The van der Waals surface area contributed by atoms with E-state index in [1.54, 1.807) is 6.26 Å². The number of furan rings is 1. The molecule has 0 aromatic carbocycles. The van der Waals surface area contributed by atoms with Gasteiger partial charge in [0.2, 0.25) is 0 Å². The fraction of sp³-hybridized carbons (Fsp3) is 0.636. The van der Waals surface area contributed by atoms with E-state index in [4.69, 9.17) is 9.15 Å². The molecule has 2 rings (SSSR count). The van der Waals surface area contributed by atoms with E-state index in [1.165, 1.54) is 5.56 Å². The first-order valence-corrected chi connectivity index (χ1v) is 5.12. The smallest absolute Gasteiger partial charge is 0.0935 e. The largest absolute Gasteiger partial charge is 0.472 e. The highest BCUT2D eigenvalue weighted by atomic mass is 16.5. The van der Waals surface area contributed by atoms with Crippen LogP contribution in [0, 0.1) is 0 Å². The quantitative estimate of drug-likeness (QED) is 0.795. The predicted molar refractivity (Wildman–Crippen MR) is 54.3 cm³/mol.